The third-order valence-electron chi connectivity index (χ3n) is 3.01. The first-order valence-electron chi connectivity index (χ1n) is 7.13. The van der Waals surface area contributed by atoms with Crippen LogP contribution in [0.4, 0.5) is 5.95 Å². The van der Waals surface area contributed by atoms with Gasteiger partial charge in [0.05, 0.1) is 0 Å². The van der Waals surface area contributed by atoms with E-state index >= 15 is 0 Å². The van der Waals surface area contributed by atoms with Crippen LogP contribution in [0.5, 0.6) is 0 Å². The highest BCUT2D eigenvalue weighted by Gasteiger charge is 2.10. The Morgan fingerprint density at radius 1 is 1.35 bits per heavy atom. The molecule has 0 bridgehead atoms. The molecule has 0 aliphatic rings. The van der Waals surface area contributed by atoms with Crippen LogP contribution in [0.1, 0.15) is 24.6 Å². The number of hydrogen-bond donors (Lipinski definition) is 2. The molecular formula is C14H15N7O2. The lowest BCUT2D eigenvalue weighted by molar-refractivity contribution is -0.116. The van der Waals surface area contributed by atoms with E-state index in [-0.39, 0.29) is 11.9 Å². The fourth-order valence-corrected chi connectivity index (χ4v) is 1.96. The van der Waals surface area contributed by atoms with Gasteiger partial charge in [-0.15, -0.1) is 5.10 Å². The Labute approximate surface area is 131 Å². The predicted molar refractivity (Wildman–Crippen MR) is 80.2 cm³/mol. The van der Waals surface area contributed by atoms with Crippen molar-refractivity contribution in [1.82, 2.24) is 30.3 Å². The molecule has 0 aliphatic carbocycles. The maximum absolute atomic E-state index is 11.9. The van der Waals surface area contributed by atoms with Crippen molar-refractivity contribution in [1.29, 1.82) is 0 Å². The van der Waals surface area contributed by atoms with Crippen LogP contribution < -0.4 is 5.32 Å². The highest BCUT2D eigenvalue weighted by molar-refractivity contribution is 5.89. The van der Waals surface area contributed by atoms with E-state index in [0.717, 1.165) is 0 Å². The van der Waals surface area contributed by atoms with Crippen LogP contribution in [-0.2, 0) is 11.2 Å². The van der Waals surface area contributed by atoms with E-state index in [0.29, 0.717) is 42.5 Å². The smallest absolute Gasteiger partial charge is 0.249 e. The molecule has 9 heteroatoms. The van der Waals surface area contributed by atoms with Gasteiger partial charge in [0.25, 0.3) is 0 Å². The largest absolute Gasteiger partial charge is 0.339 e. The van der Waals surface area contributed by atoms with Gasteiger partial charge in [-0.05, 0) is 25.5 Å². The Bertz CT molecular complexity index is 781. The molecule has 0 aromatic carbocycles. The number of pyridine rings is 1. The monoisotopic (exact) mass is 313 g/mol. The molecule has 0 atom stereocenters. The van der Waals surface area contributed by atoms with Crippen LogP contribution in [0.25, 0.3) is 11.5 Å². The first-order chi connectivity index (χ1) is 11.2. The van der Waals surface area contributed by atoms with Crippen LogP contribution in [0, 0.1) is 6.92 Å². The van der Waals surface area contributed by atoms with Gasteiger partial charge in [-0.1, -0.05) is 11.2 Å². The van der Waals surface area contributed by atoms with Gasteiger partial charge in [0, 0.05) is 19.0 Å². The standard InChI is InChI=1S/C14H15N7O2/c1-9-16-12(23-21-9)7-4-6-11(22)17-14-18-13(19-20-14)10-5-2-3-8-15-10/h2-3,5,8H,4,6-7H2,1H3,(H2,17,18,19,20,22). The van der Waals surface area contributed by atoms with Crippen molar-refractivity contribution in [3.8, 4) is 11.5 Å². The van der Waals surface area contributed by atoms with Gasteiger partial charge >= 0.3 is 0 Å². The zero-order valence-electron chi connectivity index (χ0n) is 12.5. The van der Waals surface area contributed by atoms with E-state index in [1.807, 2.05) is 12.1 Å². The molecule has 0 saturated heterocycles. The summed E-state index contributed by atoms with van der Waals surface area (Å²) in [4.78, 5) is 24.3. The second-order valence-corrected chi connectivity index (χ2v) is 4.86. The average molecular weight is 313 g/mol. The number of aromatic amines is 1. The molecule has 0 fully saturated rings. The summed E-state index contributed by atoms with van der Waals surface area (Å²) in [6.07, 6.45) is 3.14. The highest BCUT2D eigenvalue weighted by Crippen LogP contribution is 2.12. The third-order valence-corrected chi connectivity index (χ3v) is 3.01. The predicted octanol–water partition coefficient (Wildman–Crippen LogP) is 1.52. The van der Waals surface area contributed by atoms with Gasteiger partial charge < -0.3 is 4.52 Å². The number of H-pyrrole nitrogens is 1. The Kier molecular flexibility index (Phi) is 4.37. The maximum atomic E-state index is 11.9. The molecule has 2 N–H and O–H groups in total. The first kappa shape index (κ1) is 14.8. The number of aryl methyl sites for hydroxylation is 2. The SMILES string of the molecule is Cc1noc(CCCC(=O)Nc2n[nH]c(-c3ccccn3)n2)n1. The van der Waals surface area contributed by atoms with Crippen molar-refractivity contribution in [3.63, 3.8) is 0 Å². The molecule has 0 aliphatic heterocycles. The Balaban J connectivity index is 1.49. The summed E-state index contributed by atoms with van der Waals surface area (Å²) in [6.45, 7) is 1.75. The van der Waals surface area contributed by atoms with Gasteiger partial charge in [-0.3, -0.25) is 20.2 Å². The summed E-state index contributed by atoms with van der Waals surface area (Å²) in [7, 11) is 0. The molecule has 3 heterocycles. The van der Waals surface area contributed by atoms with Crippen LogP contribution in [0.3, 0.4) is 0 Å². The van der Waals surface area contributed by atoms with Crippen LogP contribution >= 0.6 is 0 Å². The van der Waals surface area contributed by atoms with E-state index in [1.54, 1.807) is 19.2 Å². The van der Waals surface area contributed by atoms with Crippen LogP contribution in [-0.4, -0.2) is 36.2 Å². The fraction of sp³-hybridized carbons (Fsp3) is 0.286. The summed E-state index contributed by atoms with van der Waals surface area (Å²) in [5, 5.41) is 13.0. The van der Waals surface area contributed by atoms with E-state index in [2.05, 4.69) is 35.6 Å². The maximum Gasteiger partial charge on any atom is 0.249 e. The number of rotatable bonds is 6. The Morgan fingerprint density at radius 3 is 3.00 bits per heavy atom. The van der Waals surface area contributed by atoms with Gasteiger partial charge in [-0.25, -0.2) is 0 Å². The second kappa shape index (κ2) is 6.77. The molecular weight excluding hydrogens is 298 g/mol. The number of carbonyl (C=O) groups is 1. The summed E-state index contributed by atoms with van der Waals surface area (Å²) in [6, 6.07) is 5.47. The molecule has 3 aromatic heterocycles. The molecule has 118 valence electrons. The topological polar surface area (TPSA) is 122 Å². The number of anilines is 1. The van der Waals surface area contributed by atoms with Crippen LogP contribution in [0.15, 0.2) is 28.9 Å². The number of nitrogens with one attached hydrogen (secondary N) is 2. The molecule has 3 aromatic rings. The summed E-state index contributed by atoms with van der Waals surface area (Å²) >= 11 is 0. The van der Waals surface area contributed by atoms with Gasteiger partial charge in [0.1, 0.15) is 5.69 Å². The molecule has 1 amide bonds. The summed E-state index contributed by atoms with van der Waals surface area (Å²) in [5.74, 6) is 1.68. The lowest BCUT2D eigenvalue weighted by atomic mass is 10.2. The van der Waals surface area contributed by atoms with E-state index in [9.17, 15) is 4.79 Å². The molecule has 0 radical (unpaired) electrons. The number of carbonyl (C=O) groups excluding carboxylic acids is 1. The zero-order valence-corrected chi connectivity index (χ0v) is 12.5. The highest BCUT2D eigenvalue weighted by atomic mass is 16.5. The van der Waals surface area contributed by atoms with E-state index in [1.165, 1.54) is 0 Å². The number of nitrogens with zero attached hydrogens (tertiary/aromatic N) is 5. The summed E-state index contributed by atoms with van der Waals surface area (Å²) < 4.78 is 4.99. The van der Waals surface area contributed by atoms with Gasteiger partial charge in [0.15, 0.2) is 11.6 Å². The molecule has 3 rings (SSSR count). The molecule has 23 heavy (non-hydrogen) atoms. The Hall–Kier alpha value is -3.10. The van der Waals surface area contributed by atoms with Crippen LogP contribution in [0.2, 0.25) is 0 Å². The summed E-state index contributed by atoms with van der Waals surface area (Å²) in [5.41, 5.74) is 0.660. The average Bonchev–Trinajstić information content (AvgIpc) is 3.17. The van der Waals surface area contributed by atoms with Gasteiger partial charge in [0.2, 0.25) is 17.7 Å². The minimum Gasteiger partial charge on any atom is -0.339 e. The number of aromatic nitrogens is 6. The van der Waals surface area contributed by atoms with E-state index < -0.39 is 0 Å². The second-order valence-electron chi connectivity index (χ2n) is 4.86. The van der Waals surface area contributed by atoms with Crippen molar-refractivity contribution in [3.05, 3.63) is 36.1 Å². The number of amides is 1. The normalized spacial score (nSPS) is 10.7. The molecule has 0 spiro atoms. The molecule has 0 saturated carbocycles. The first-order valence-corrected chi connectivity index (χ1v) is 7.13. The zero-order chi connectivity index (χ0) is 16.1. The van der Waals surface area contributed by atoms with Crippen molar-refractivity contribution in [2.24, 2.45) is 0 Å². The minimum absolute atomic E-state index is 0.173. The lowest BCUT2D eigenvalue weighted by Gasteiger charge is -1.99. The van der Waals surface area contributed by atoms with E-state index in [4.69, 9.17) is 4.52 Å². The quantitative estimate of drug-likeness (QED) is 0.707. The fourth-order valence-electron chi connectivity index (χ4n) is 1.96. The number of hydrogen-bond acceptors (Lipinski definition) is 7. The Morgan fingerprint density at radius 2 is 2.26 bits per heavy atom. The minimum atomic E-state index is -0.173. The van der Waals surface area contributed by atoms with Crippen molar-refractivity contribution < 1.29 is 9.32 Å². The van der Waals surface area contributed by atoms with Crippen molar-refractivity contribution in [2.75, 3.05) is 5.32 Å². The van der Waals surface area contributed by atoms with Crippen molar-refractivity contribution >= 4 is 11.9 Å². The van der Waals surface area contributed by atoms with Gasteiger partial charge in [-0.2, -0.15) is 9.97 Å². The lowest BCUT2D eigenvalue weighted by Crippen LogP contribution is -2.12. The van der Waals surface area contributed by atoms with Crippen molar-refractivity contribution in [2.45, 2.75) is 26.2 Å². The molecule has 0 unspecified atom stereocenters. The third kappa shape index (κ3) is 3.96. The molecule has 9 nitrogen and oxygen atoms in total.